The average molecular weight is 491 g/mol. The van der Waals surface area contributed by atoms with Crippen molar-refractivity contribution in [3.05, 3.63) is 84.1 Å². The molecule has 0 unspecified atom stereocenters. The van der Waals surface area contributed by atoms with Crippen molar-refractivity contribution in [2.45, 2.75) is 44.9 Å². The smallest absolute Gasteiger partial charge is 0.257 e. The molecule has 1 saturated carbocycles. The molecule has 0 radical (unpaired) electrons. The van der Waals surface area contributed by atoms with Gasteiger partial charge in [-0.05, 0) is 58.2 Å². The van der Waals surface area contributed by atoms with E-state index < -0.39 is 0 Å². The Hall–Kier alpha value is -4.26. The van der Waals surface area contributed by atoms with E-state index in [1.807, 2.05) is 30.3 Å². The third-order valence-corrected chi connectivity index (χ3v) is 7.40. The zero-order chi connectivity index (χ0) is 25.0. The molecule has 3 N–H and O–H groups in total. The van der Waals surface area contributed by atoms with Gasteiger partial charge in [-0.2, -0.15) is 5.21 Å². The zero-order valence-electron chi connectivity index (χ0n) is 20.7. The highest BCUT2D eigenvalue weighted by atomic mass is 16.1. The lowest BCUT2D eigenvalue weighted by molar-refractivity contribution is 0.102. The number of nitrogens with zero attached hydrogens (tertiary/aromatic N) is 3. The summed E-state index contributed by atoms with van der Waals surface area (Å²) in [5.41, 5.74) is 5.26. The molecule has 7 nitrogen and oxygen atoms in total. The Morgan fingerprint density at radius 3 is 2.51 bits per heavy atom. The normalized spacial score (nSPS) is 14.5. The molecule has 5 aromatic rings. The van der Waals surface area contributed by atoms with Gasteiger partial charge in [-0.3, -0.25) is 4.79 Å². The standard InChI is InChI=1S/C30H30N6O/c37-30(31-25-13-7-12-24(18-25)29-33-35-36-34-29)26-19-27(23-15-14-21-10-5-6-11-22(21)17-23)32-28(26)16-20-8-3-1-2-4-9-20/h5-7,10-15,17-20,32H,1-4,8-9,16H2,(H,31,37)(H,33,34,35,36). The maximum absolute atomic E-state index is 13.6. The molecule has 3 aromatic carbocycles. The monoisotopic (exact) mass is 490 g/mol. The van der Waals surface area contributed by atoms with Crippen molar-refractivity contribution in [1.82, 2.24) is 25.6 Å². The highest BCUT2D eigenvalue weighted by Gasteiger charge is 2.21. The fraction of sp³-hybridized carbons (Fsp3) is 0.267. The molecule has 1 aliphatic carbocycles. The number of benzene rings is 3. The van der Waals surface area contributed by atoms with E-state index in [-0.39, 0.29) is 5.91 Å². The van der Waals surface area contributed by atoms with Gasteiger partial charge in [0.25, 0.3) is 5.91 Å². The van der Waals surface area contributed by atoms with E-state index in [1.54, 1.807) is 0 Å². The van der Waals surface area contributed by atoms with Gasteiger partial charge < -0.3 is 10.3 Å². The molecule has 0 atom stereocenters. The van der Waals surface area contributed by atoms with Gasteiger partial charge in [0.1, 0.15) is 0 Å². The quantitative estimate of drug-likeness (QED) is 0.228. The average Bonchev–Trinajstić information content (AvgIpc) is 3.54. The largest absolute Gasteiger partial charge is 0.358 e. The minimum atomic E-state index is -0.114. The van der Waals surface area contributed by atoms with Gasteiger partial charge in [0.15, 0.2) is 0 Å². The second-order valence-corrected chi connectivity index (χ2v) is 9.97. The molecule has 0 saturated heterocycles. The first kappa shape index (κ1) is 23.2. The van der Waals surface area contributed by atoms with Crippen LogP contribution in [0.15, 0.2) is 72.8 Å². The lowest BCUT2D eigenvalue weighted by Gasteiger charge is -2.14. The molecular weight excluding hydrogens is 460 g/mol. The van der Waals surface area contributed by atoms with E-state index in [4.69, 9.17) is 0 Å². The number of carbonyl (C=O) groups excluding carboxylic acids is 1. The second kappa shape index (κ2) is 10.4. The molecular formula is C30H30N6O. The van der Waals surface area contributed by atoms with E-state index in [9.17, 15) is 4.79 Å². The van der Waals surface area contributed by atoms with Crippen molar-refractivity contribution < 1.29 is 4.79 Å². The van der Waals surface area contributed by atoms with Crippen molar-refractivity contribution in [1.29, 1.82) is 0 Å². The van der Waals surface area contributed by atoms with E-state index in [0.29, 0.717) is 23.0 Å². The summed E-state index contributed by atoms with van der Waals surface area (Å²) in [6.45, 7) is 0. The molecule has 6 rings (SSSR count). The number of amides is 1. The molecule has 37 heavy (non-hydrogen) atoms. The topological polar surface area (TPSA) is 99.3 Å². The van der Waals surface area contributed by atoms with Crippen LogP contribution in [-0.2, 0) is 6.42 Å². The minimum Gasteiger partial charge on any atom is -0.358 e. The number of aromatic amines is 2. The summed E-state index contributed by atoms with van der Waals surface area (Å²) in [5.74, 6) is 0.973. The molecule has 2 heterocycles. The number of hydrogen-bond donors (Lipinski definition) is 3. The summed E-state index contributed by atoms with van der Waals surface area (Å²) in [6, 6.07) is 24.3. The third kappa shape index (κ3) is 5.16. The molecule has 1 aliphatic rings. The molecule has 0 aliphatic heterocycles. The first-order valence-electron chi connectivity index (χ1n) is 13.1. The first-order valence-corrected chi connectivity index (χ1v) is 13.1. The number of aromatic nitrogens is 5. The molecule has 0 bridgehead atoms. The number of nitrogens with one attached hydrogen (secondary N) is 3. The Morgan fingerprint density at radius 2 is 1.70 bits per heavy atom. The Bertz CT molecular complexity index is 1510. The summed E-state index contributed by atoms with van der Waals surface area (Å²) in [7, 11) is 0. The Kier molecular flexibility index (Phi) is 6.50. The summed E-state index contributed by atoms with van der Waals surface area (Å²) >= 11 is 0. The predicted octanol–water partition coefficient (Wildman–Crippen LogP) is 6.78. The molecule has 7 heteroatoms. The molecule has 1 fully saturated rings. The second-order valence-electron chi connectivity index (χ2n) is 9.97. The van der Waals surface area contributed by atoms with Crippen LogP contribution in [0.25, 0.3) is 33.4 Å². The number of anilines is 1. The number of hydrogen-bond acceptors (Lipinski definition) is 4. The van der Waals surface area contributed by atoms with Crippen molar-refractivity contribution in [2.75, 3.05) is 5.32 Å². The van der Waals surface area contributed by atoms with Crippen LogP contribution >= 0.6 is 0 Å². The number of rotatable bonds is 6. The van der Waals surface area contributed by atoms with Gasteiger partial charge in [-0.15, -0.1) is 10.2 Å². The van der Waals surface area contributed by atoms with Crippen LogP contribution in [-0.4, -0.2) is 31.5 Å². The zero-order valence-corrected chi connectivity index (χ0v) is 20.7. The van der Waals surface area contributed by atoms with E-state index in [1.165, 1.54) is 49.3 Å². The lowest BCUT2D eigenvalue weighted by atomic mass is 9.93. The highest BCUT2D eigenvalue weighted by Crippen LogP contribution is 2.31. The predicted molar refractivity (Wildman–Crippen MR) is 146 cm³/mol. The summed E-state index contributed by atoms with van der Waals surface area (Å²) in [5, 5.41) is 19.7. The molecule has 0 spiro atoms. The van der Waals surface area contributed by atoms with Crippen molar-refractivity contribution in [3.63, 3.8) is 0 Å². The third-order valence-electron chi connectivity index (χ3n) is 7.40. The number of carbonyl (C=O) groups is 1. The van der Waals surface area contributed by atoms with Gasteiger partial charge in [-0.25, -0.2) is 0 Å². The number of H-pyrrole nitrogens is 2. The van der Waals surface area contributed by atoms with Crippen LogP contribution in [0.4, 0.5) is 5.69 Å². The van der Waals surface area contributed by atoms with Gasteiger partial charge in [0.2, 0.25) is 5.82 Å². The van der Waals surface area contributed by atoms with E-state index in [0.717, 1.165) is 28.9 Å². The lowest BCUT2D eigenvalue weighted by Crippen LogP contribution is -2.15. The summed E-state index contributed by atoms with van der Waals surface area (Å²) < 4.78 is 0. The number of tetrazole rings is 1. The van der Waals surface area contributed by atoms with Crippen LogP contribution in [0.5, 0.6) is 0 Å². The molecule has 186 valence electrons. The molecule has 2 aromatic heterocycles. The van der Waals surface area contributed by atoms with Gasteiger partial charge >= 0.3 is 0 Å². The SMILES string of the molecule is O=C(Nc1cccc(-c2nn[nH]n2)c1)c1cc(-c2ccc3ccccc3c2)[nH]c1CC1CCCCCC1. The molecule has 1 amide bonds. The fourth-order valence-corrected chi connectivity index (χ4v) is 5.45. The maximum Gasteiger partial charge on any atom is 0.257 e. The summed E-state index contributed by atoms with van der Waals surface area (Å²) in [4.78, 5) is 17.3. The van der Waals surface area contributed by atoms with Crippen LogP contribution < -0.4 is 5.32 Å². The Balaban J connectivity index is 1.32. The first-order chi connectivity index (χ1) is 18.2. The van der Waals surface area contributed by atoms with Crippen LogP contribution in [0, 0.1) is 5.92 Å². The number of fused-ring (bicyclic) bond motifs is 1. The van der Waals surface area contributed by atoms with Crippen LogP contribution in [0.2, 0.25) is 0 Å². The van der Waals surface area contributed by atoms with Gasteiger partial charge in [-0.1, -0.05) is 87.1 Å². The van der Waals surface area contributed by atoms with Gasteiger partial charge in [0, 0.05) is 22.6 Å². The van der Waals surface area contributed by atoms with Gasteiger partial charge in [0.05, 0.1) is 5.56 Å². The maximum atomic E-state index is 13.6. The van der Waals surface area contributed by atoms with Crippen LogP contribution in [0.1, 0.15) is 54.6 Å². The highest BCUT2D eigenvalue weighted by molar-refractivity contribution is 6.06. The Labute approximate surface area is 215 Å². The van der Waals surface area contributed by atoms with Crippen molar-refractivity contribution >= 4 is 22.4 Å². The van der Waals surface area contributed by atoms with Crippen LogP contribution in [0.3, 0.4) is 0 Å². The Morgan fingerprint density at radius 1 is 0.865 bits per heavy atom. The minimum absolute atomic E-state index is 0.114. The van der Waals surface area contributed by atoms with E-state index in [2.05, 4.69) is 73.4 Å². The summed E-state index contributed by atoms with van der Waals surface area (Å²) in [6.07, 6.45) is 8.50. The van der Waals surface area contributed by atoms with Crippen molar-refractivity contribution in [3.8, 4) is 22.6 Å². The fourth-order valence-electron chi connectivity index (χ4n) is 5.45. The van der Waals surface area contributed by atoms with Crippen molar-refractivity contribution in [2.24, 2.45) is 5.92 Å². The van der Waals surface area contributed by atoms with E-state index >= 15 is 0 Å².